The van der Waals surface area contributed by atoms with Crippen LogP contribution in [0.4, 0.5) is 10.2 Å². The Morgan fingerprint density at radius 3 is 2.74 bits per heavy atom. The van der Waals surface area contributed by atoms with Gasteiger partial charge in [-0.25, -0.2) is 9.18 Å². The quantitative estimate of drug-likeness (QED) is 0.883. The molecule has 0 saturated carbocycles. The highest BCUT2D eigenvalue weighted by molar-refractivity contribution is 5.24. The van der Waals surface area contributed by atoms with E-state index in [-0.39, 0.29) is 5.82 Å². The van der Waals surface area contributed by atoms with Gasteiger partial charge in [0.1, 0.15) is 11.9 Å². The van der Waals surface area contributed by atoms with E-state index in [9.17, 15) is 14.3 Å². The van der Waals surface area contributed by atoms with Crippen molar-refractivity contribution in [2.45, 2.75) is 37.4 Å². The van der Waals surface area contributed by atoms with Crippen molar-refractivity contribution in [2.75, 3.05) is 5.73 Å². The number of benzene rings is 1. The SMILES string of the molecule is C[C@@]1(F)[C@H](O)[C@@H](Cc2ccccc2)O[C@H]1n1ccc(N)nc1=O. The molecule has 122 valence electrons. The number of aliphatic hydroxyl groups excluding tert-OH is 1. The lowest BCUT2D eigenvalue weighted by Crippen LogP contribution is -2.42. The first kappa shape index (κ1) is 15.6. The molecule has 1 fully saturated rings. The van der Waals surface area contributed by atoms with Crippen LogP contribution in [0.5, 0.6) is 0 Å². The van der Waals surface area contributed by atoms with Crippen LogP contribution in [0.2, 0.25) is 0 Å². The van der Waals surface area contributed by atoms with E-state index in [1.54, 1.807) is 0 Å². The summed E-state index contributed by atoms with van der Waals surface area (Å²) in [4.78, 5) is 15.5. The third-order valence-corrected chi connectivity index (χ3v) is 4.10. The van der Waals surface area contributed by atoms with Crippen molar-refractivity contribution in [3.8, 4) is 0 Å². The second-order valence-electron chi connectivity index (χ2n) is 5.85. The van der Waals surface area contributed by atoms with Gasteiger partial charge >= 0.3 is 5.69 Å². The predicted molar refractivity (Wildman–Crippen MR) is 82.5 cm³/mol. The number of nitrogen functional groups attached to an aromatic ring is 1. The number of anilines is 1. The van der Waals surface area contributed by atoms with Crippen molar-refractivity contribution in [1.29, 1.82) is 0 Å². The molecule has 3 rings (SSSR count). The number of hydrogen-bond donors (Lipinski definition) is 2. The van der Waals surface area contributed by atoms with Gasteiger partial charge < -0.3 is 15.6 Å². The molecule has 0 amide bonds. The van der Waals surface area contributed by atoms with E-state index in [0.717, 1.165) is 10.1 Å². The standard InChI is InChI=1S/C16H18FN3O3/c1-16(17)13(21)11(9-10-5-3-2-4-6-10)23-14(16)20-8-7-12(18)19-15(20)22/h2-8,11,13-14,21H,9H2,1H3,(H2,18,19,22)/t11-,13-,14-,16-/m1/s1. The second kappa shape index (κ2) is 5.75. The first-order valence-corrected chi connectivity index (χ1v) is 7.30. The monoisotopic (exact) mass is 319 g/mol. The van der Waals surface area contributed by atoms with Crippen LogP contribution in [-0.4, -0.2) is 32.5 Å². The zero-order valence-corrected chi connectivity index (χ0v) is 12.6. The van der Waals surface area contributed by atoms with Gasteiger partial charge in [-0.15, -0.1) is 0 Å². The van der Waals surface area contributed by atoms with Crippen LogP contribution < -0.4 is 11.4 Å². The lowest BCUT2D eigenvalue weighted by Gasteiger charge is -2.24. The Bertz CT molecular complexity index is 748. The van der Waals surface area contributed by atoms with Crippen molar-refractivity contribution in [3.63, 3.8) is 0 Å². The van der Waals surface area contributed by atoms with Crippen LogP contribution in [0.3, 0.4) is 0 Å². The average molecular weight is 319 g/mol. The molecule has 1 aromatic carbocycles. The van der Waals surface area contributed by atoms with Gasteiger partial charge in [0.05, 0.1) is 6.10 Å². The highest BCUT2D eigenvalue weighted by Crippen LogP contribution is 2.41. The molecule has 0 aliphatic carbocycles. The van der Waals surface area contributed by atoms with Crippen LogP contribution in [0.15, 0.2) is 47.4 Å². The van der Waals surface area contributed by atoms with Crippen molar-refractivity contribution >= 4 is 5.82 Å². The predicted octanol–water partition coefficient (Wildman–Crippen LogP) is 1.05. The molecule has 1 saturated heterocycles. The van der Waals surface area contributed by atoms with Gasteiger partial charge in [0.2, 0.25) is 0 Å². The fourth-order valence-electron chi connectivity index (χ4n) is 2.83. The minimum Gasteiger partial charge on any atom is -0.387 e. The van der Waals surface area contributed by atoms with Gasteiger partial charge in [-0.05, 0) is 18.6 Å². The Hall–Kier alpha value is -2.25. The van der Waals surface area contributed by atoms with Crippen LogP contribution in [-0.2, 0) is 11.2 Å². The average Bonchev–Trinajstić information content (AvgIpc) is 2.72. The number of alkyl halides is 1. The molecule has 1 aliphatic rings. The molecule has 7 heteroatoms. The van der Waals surface area contributed by atoms with E-state index in [2.05, 4.69) is 4.98 Å². The summed E-state index contributed by atoms with van der Waals surface area (Å²) in [5.74, 6) is 0.0474. The topological polar surface area (TPSA) is 90.4 Å². The van der Waals surface area contributed by atoms with Gasteiger partial charge in [-0.2, -0.15) is 4.98 Å². The molecule has 0 bridgehead atoms. The lowest BCUT2D eigenvalue weighted by atomic mass is 9.95. The van der Waals surface area contributed by atoms with Crippen LogP contribution in [0.1, 0.15) is 18.7 Å². The number of aliphatic hydroxyl groups is 1. The Morgan fingerprint density at radius 2 is 2.09 bits per heavy atom. The molecule has 0 radical (unpaired) electrons. The van der Waals surface area contributed by atoms with E-state index in [1.807, 2.05) is 30.3 Å². The summed E-state index contributed by atoms with van der Waals surface area (Å²) in [5.41, 5.74) is 3.51. The number of hydrogen-bond acceptors (Lipinski definition) is 5. The maximum Gasteiger partial charge on any atom is 0.351 e. The van der Waals surface area contributed by atoms with Gasteiger partial charge in [0.25, 0.3) is 0 Å². The van der Waals surface area contributed by atoms with E-state index in [4.69, 9.17) is 10.5 Å². The van der Waals surface area contributed by atoms with Crippen molar-refractivity contribution < 1.29 is 14.2 Å². The fraction of sp³-hybridized carbons (Fsp3) is 0.375. The normalized spacial score (nSPS) is 30.5. The maximum atomic E-state index is 15.0. The maximum absolute atomic E-state index is 15.0. The summed E-state index contributed by atoms with van der Waals surface area (Å²) in [6.45, 7) is 1.22. The van der Waals surface area contributed by atoms with Crippen molar-refractivity contribution in [2.24, 2.45) is 0 Å². The van der Waals surface area contributed by atoms with E-state index >= 15 is 0 Å². The zero-order chi connectivity index (χ0) is 16.6. The van der Waals surface area contributed by atoms with Crippen LogP contribution in [0.25, 0.3) is 0 Å². The molecule has 2 heterocycles. The minimum absolute atomic E-state index is 0.0474. The number of halogens is 1. The Morgan fingerprint density at radius 1 is 1.39 bits per heavy atom. The summed E-state index contributed by atoms with van der Waals surface area (Å²) >= 11 is 0. The summed E-state index contributed by atoms with van der Waals surface area (Å²) in [6, 6.07) is 10.7. The van der Waals surface area contributed by atoms with E-state index in [0.29, 0.717) is 6.42 Å². The molecule has 2 aromatic rings. The van der Waals surface area contributed by atoms with Gasteiger partial charge in [0.15, 0.2) is 11.9 Å². The third kappa shape index (κ3) is 2.85. The molecular weight excluding hydrogens is 301 g/mol. The summed E-state index contributed by atoms with van der Waals surface area (Å²) in [5, 5.41) is 10.3. The Balaban J connectivity index is 1.89. The molecular formula is C16H18FN3O3. The van der Waals surface area contributed by atoms with Gasteiger partial charge in [-0.3, -0.25) is 4.57 Å². The number of nitrogens with two attached hydrogens (primary N) is 1. The summed E-state index contributed by atoms with van der Waals surface area (Å²) in [7, 11) is 0. The third-order valence-electron chi connectivity index (χ3n) is 4.10. The smallest absolute Gasteiger partial charge is 0.351 e. The molecule has 0 spiro atoms. The Labute approximate surface area is 132 Å². The molecule has 1 aliphatic heterocycles. The van der Waals surface area contributed by atoms with Crippen molar-refractivity contribution in [3.05, 3.63) is 58.6 Å². The first-order valence-electron chi connectivity index (χ1n) is 7.30. The second-order valence-corrected chi connectivity index (χ2v) is 5.85. The Kier molecular flexibility index (Phi) is 3.91. The first-order chi connectivity index (χ1) is 10.9. The van der Waals surface area contributed by atoms with Crippen molar-refractivity contribution in [1.82, 2.24) is 9.55 Å². The van der Waals surface area contributed by atoms with E-state index in [1.165, 1.54) is 19.2 Å². The number of rotatable bonds is 3. The highest BCUT2D eigenvalue weighted by atomic mass is 19.1. The molecule has 4 atom stereocenters. The lowest BCUT2D eigenvalue weighted by molar-refractivity contribution is -0.0502. The number of ether oxygens (including phenoxy) is 1. The minimum atomic E-state index is -2.12. The molecule has 23 heavy (non-hydrogen) atoms. The molecule has 3 N–H and O–H groups in total. The van der Waals surface area contributed by atoms with Gasteiger partial charge in [-0.1, -0.05) is 30.3 Å². The van der Waals surface area contributed by atoms with Crippen LogP contribution >= 0.6 is 0 Å². The van der Waals surface area contributed by atoms with E-state index < -0.39 is 29.8 Å². The summed E-state index contributed by atoms with van der Waals surface area (Å²) in [6.07, 6.45) is -1.72. The number of nitrogens with zero attached hydrogens (tertiary/aromatic N) is 2. The van der Waals surface area contributed by atoms with Gasteiger partial charge in [0, 0.05) is 12.6 Å². The highest BCUT2D eigenvalue weighted by Gasteiger charge is 2.55. The molecule has 1 aromatic heterocycles. The molecule has 0 unspecified atom stereocenters. The number of aromatic nitrogens is 2. The molecule has 6 nitrogen and oxygen atoms in total. The van der Waals surface area contributed by atoms with Crippen LogP contribution in [0, 0.1) is 0 Å². The largest absolute Gasteiger partial charge is 0.387 e. The summed E-state index contributed by atoms with van der Waals surface area (Å²) < 4.78 is 21.7. The zero-order valence-electron chi connectivity index (χ0n) is 12.6. The fourth-order valence-corrected chi connectivity index (χ4v) is 2.83.